The molecule has 1 aromatic heterocycles. The predicted molar refractivity (Wildman–Crippen MR) is 129 cm³/mol. The van der Waals surface area contributed by atoms with Gasteiger partial charge in [0, 0.05) is 24.8 Å². The highest BCUT2D eigenvalue weighted by Crippen LogP contribution is 2.24. The van der Waals surface area contributed by atoms with Crippen molar-refractivity contribution in [2.45, 2.75) is 13.8 Å². The van der Waals surface area contributed by atoms with Gasteiger partial charge in [-0.3, -0.25) is 10.1 Å². The minimum Gasteiger partial charge on any atom is -0.496 e. The van der Waals surface area contributed by atoms with E-state index in [9.17, 15) is 9.59 Å². The van der Waals surface area contributed by atoms with Gasteiger partial charge in [-0.15, -0.1) is 0 Å². The average molecular weight is 468 g/mol. The van der Waals surface area contributed by atoms with Gasteiger partial charge in [0.15, 0.2) is 5.82 Å². The number of oxazole rings is 1. The third kappa shape index (κ3) is 6.97. The van der Waals surface area contributed by atoms with Crippen molar-refractivity contribution in [2.24, 2.45) is 0 Å². The Morgan fingerprint density at radius 3 is 2.53 bits per heavy atom. The fourth-order valence-electron chi connectivity index (χ4n) is 3.15. The van der Waals surface area contributed by atoms with Crippen LogP contribution >= 0.6 is 0 Å². The van der Waals surface area contributed by atoms with Gasteiger partial charge >= 0.3 is 12.1 Å². The number of carbonyl (C=O) groups excluding carboxylic acids is 2. The highest BCUT2D eigenvalue weighted by molar-refractivity contribution is 6.01. The maximum Gasteiger partial charge on any atom is 0.401 e. The van der Waals surface area contributed by atoms with E-state index in [1.807, 2.05) is 18.2 Å². The predicted octanol–water partition coefficient (Wildman–Crippen LogP) is 4.19. The van der Waals surface area contributed by atoms with Crippen molar-refractivity contribution in [2.75, 3.05) is 43.9 Å². The van der Waals surface area contributed by atoms with E-state index in [-0.39, 0.29) is 17.8 Å². The van der Waals surface area contributed by atoms with Crippen LogP contribution in [0.4, 0.5) is 16.3 Å². The number of nitrogens with zero attached hydrogens (tertiary/aromatic N) is 2. The molecule has 0 saturated heterocycles. The lowest BCUT2D eigenvalue weighted by Crippen LogP contribution is -2.34. The molecule has 1 heterocycles. The van der Waals surface area contributed by atoms with Gasteiger partial charge in [-0.2, -0.15) is 4.98 Å². The lowest BCUT2D eigenvalue weighted by atomic mass is 10.1. The second-order valence-corrected chi connectivity index (χ2v) is 7.19. The van der Waals surface area contributed by atoms with Gasteiger partial charge in [0.05, 0.1) is 12.7 Å². The highest BCUT2D eigenvalue weighted by atomic mass is 16.6. The summed E-state index contributed by atoms with van der Waals surface area (Å²) in [5.41, 5.74) is 0.825. The Morgan fingerprint density at radius 2 is 1.82 bits per heavy atom. The largest absolute Gasteiger partial charge is 0.496 e. The zero-order valence-corrected chi connectivity index (χ0v) is 19.5. The molecule has 0 atom stereocenters. The van der Waals surface area contributed by atoms with Crippen LogP contribution in [0.2, 0.25) is 0 Å². The van der Waals surface area contributed by atoms with Crippen LogP contribution in [0.25, 0.3) is 0 Å². The first-order valence-electron chi connectivity index (χ1n) is 11.0. The van der Waals surface area contributed by atoms with Gasteiger partial charge in [0.1, 0.15) is 17.8 Å². The standard InChI is InChI=1S/C24H29N5O5/c1-4-29(5-2)14-13-25-22(30)19-12-11-17(15-20(19)32-3)26-23(31)27-21-16-33-24(28-21)34-18-9-7-6-8-10-18/h6-12,15-16H,4-5,13-14H2,1-3H3,(H,25,30)(H2,26,27,31). The van der Waals surface area contributed by atoms with Gasteiger partial charge in [0.2, 0.25) is 0 Å². The van der Waals surface area contributed by atoms with Gasteiger partial charge < -0.3 is 29.4 Å². The van der Waals surface area contributed by atoms with Crippen LogP contribution in [0.5, 0.6) is 17.6 Å². The molecule has 3 aromatic rings. The summed E-state index contributed by atoms with van der Waals surface area (Å²) in [6.45, 7) is 7.30. The molecule has 0 aliphatic heterocycles. The summed E-state index contributed by atoms with van der Waals surface area (Å²) in [5.74, 6) is 0.843. The molecule has 3 rings (SSSR count). The summed E-state index contributed by atoms with van der Waals surface area (Å²) in [5, 5.41) is 8.13. The molecule has 0 radical (unpaired) electrons. The lowest BCUT2D eigenvalue weighted by molar-refractivity contribution is 0.0946. The number of amides is 3. The third-order valence-electron chi connectivity index (χ3n) is 4.99. The first-order valence-corrected chi connectivity index (χ1v) is 11.0. The number of methoxy groups -OCH3 is 1. The number of carbonyl (C=O) groups is 2. The van der Waals surface area contributed by atoms with Crippen molar-refractivity contribution in [1.29, 1.82) is 0 Å². The number of urea groups is 1. The SMILES string of the molecule is CCN(CC)CCNC(=O)c1ccc(NC(=O)Nc2coc(Oc3ccccc3)n2)cc1OC. The number of hydrogen-bond donors (Lipinski definition) is 3. The van der Waals surface area contributed by atoms with E-state index in [2.05, 4.69) is 39.7 Å². The Bertz CT molecular complexity index is 1080. The zero-order valence-electron chi connectivity index (χ0n) is 19.5. The average Bonchev–Trinajstić information content (AvgIpc) is 3.28. The van der Waals surface area contributed by atoms with Crippen LogP contribution in [-0.2, 0) is 0 Å². The molecule has 0 fully saturated rings. The van der Waals surface area contributed by atoms with E-state index in [0.29, 0.717) is 29.3 Å². The minimum atomic E-state index is -0.543. The molecule has 3 N–H and O–H groups in total. The van der Waals surface area contributed by atoms with Crippen LogP contribution in [0.3, 0.4) is 0 Å². The van der Waals surface area contributed by atoms with Gasteiger partial charge in [0.25, 0.3) is 5.91 Å². The van der Waals surface area contributed by atoms with Crippen LogP contribution < -0.4 is 25.4 Å². The maximum atomic E-state index is 12.6. The number of likely N-dealkylation sites (N-methyl/N-ethyl adjacent to an activating group) is 1. The maximum absolute atomic E-state index is 12.6. The van der Waals surface area contributed by atoms with Crippen molar-refractivity contribution < 1.29 is 23.5 Å². The summed E-state index contributed by atoms with van der Waals surface area (Å²) < 4.78 is 16.0. The molecule has 0 aliphatic carbocycles. The number of hydrogen-bond acceptors (Lipinski definition) is 7. The Labute approximate surface area is 198 Å². The van der Waals surface area contributed by atoms with Gasteiger partial charge in [-0.1, -0.05) is 32.0 Å². The fourth-order valence-corrected chi connectivity index (χ4v) is 3.15. The molecule has 3 amide bonds. The topological polar surface area (TPSA) is 118 Å². The molecule has 180 valence electrons. The molecule has 10 nitrogen and oxygen atoms in total. The van der Waals surface area contributed by atoms with Crippen molar-refractivity contribution >= 4 is 23.4 Å². The number of rotatable bonds is 11. The van der Waals surface area contributed by atoms with E-state index in [1.165, 1.54) is 13.4 Å². The number of benzene rings is 2. The van der Waals surface area contributed by atoms with E-state index in [1.54, 1.807) is 30.3 Å². The second-order valence-electron chi connectivity index (χ2n) is 7.19. The molecular weight excluding hydrogens is 438 g/mol. The Morgan fingerprint density at radius 1 is 1.06 bits per heavy atom. The van der Waals surface area contributed by atoms with Crippen molar-refractivity contribution in [3.05, 3.63) is 60.4 Å². The van der Waals surface area contributed by atoms with E-state index < -0.39 is 6.03 Å². The highest BCUT2D eigenvalue weighted by Gasteiger charge is 2.15. The van der Waals surface area contributed by atoms with E-state index >= 15 is 0 Å². The Balaban J connectivity index is 1.55. The van der Waals surface area contributed by atoms with Crippen LogP contribution in [0.15, 0.2) is 59.2 Å². The molecule has 2 aromatic carbocycles. The number of ether oxygens (including phenoxy) is 2. The summed E-state index contributed by atoms with van der Waals surface area (Å²) in [6, 6.07) is 13.3. The van der Waals surface area contributed by atoms with Crippen LogP contribution in [-0.4, -0.2) is 55.1 Å². The monoisotopic (exact) mass is 467 g/mol. The zero-order chi connectivity index (χ0) is 24.3. The lowest BCUT2D eigenvalue weighted by Gasteiger charge is -2.18. The molecule has 0 spiro atoms. The molecule has 0 saturated carbocycles. The van der Waals surface area contributed by atoms with Crippen molar-refractivity contribution in [1.82, 2.24) is 15.2 Å². The molecule has 0 aliphatic rings. The first-order chi connectivity index (χ1) is 16.5. The van der Waals surface area contributed by atoms with Crippen molar-refractivity contribution in [3.63, 3.8) is 0 Å². The molecular formula is C24H29N5O5. The van der Waals surface area contributed by atoms with Gasteiger partial charge in [-0.25, -0.2) is 4.79 Å². The normalized spacial score (nSPS) is 10.6. The van der Waals surface area contributed by atoms with Crippen molar-refractivity contribution in [3.8, 4) is 17.6 Å². The third-order valence-corrected chi connectivity index (χ3v) is 4.99. The Kier molecular flexibility index (Phi) is 8.87. The van der Waals surface area contributed by atoms with Crippen LogP contribution in [0, 0.1) is 0 Å². The first kappa shape index (κ1) is 24.6. The quantitative estimate of drug-likeness (QED) is 0.387. The Hall–Kier alpha value is -4.05. The van der Waals surface area contributed by atoms with Crippen LogP contribution in [0.1, 0.15) is 24.2 Å². The number of para-hydroxylation sites is 1. The van der Waals surface area contributed by atoms with E-state index in [0.717, 1.165) is 19.6 Å². The molecule has 10 heteroatoms. The summed E-state index contributed by atoms with van der Waals surface area (Å²) in [7, 11) is 1.47. The number of nitrogens with one attached hydrogen (secondary N) is 3. The number of aromatic nitrogens is 1. The smallest absolute Gasteiger partial charge is 0.401 e. The van der Waals surface area contributed by atoms with Gasteiger partial charge in [-0.05, 0) is 37.4 Å². The van der Waals surface area contributed by atoms with E-state index in [4.69, 9.17) is 13.9 Å². The summed E-state index contributed by atoms with van der Waals surface area (Å²) in [6.07, 6.45) is 1.27. The minimum absolute atomic E-state index is 0.000436. The second kappa shape index (κ2) is 12.3. The number of anilines is 2. The fraction of sp³-hybridized carbons (Fsp3) is 0.292. The molecule has 0 bridgehead atoms. The summed E-state index contributed by atoms with van der Waals surface area (Å²) >= 11 is 0. The molecule has 34 heavy (non-hydrogen) atoms. The summed E-state index contributed by atoms with van der Waals surface area (Å²) in [4.78, 5) is 31.2. The molecule has 0 unspecified atom stereocenters.